The summed E-state index contributed by atoms with van der Waals surface area (Å²) in [5.74, 6) is 0.943. The summed E-state index contributed by atoms with van der Waals surface area (Å²) in [7, 11) is -3.64. The molecule has 2 N–H and O–H groups in total. The first-order chi connectivity index (χ1) is 11.5. The second-order valence-corrected chi connectivity index (χ2v) is 7.75. The van der Waals surface area contributed by atoms with Crippen LogP contribution in [-0.2, 0) is 10.0 Å². The van der Waals surface area contributed by atoms with E-state index < -0.39 is 10.0 Å². The first-order valence-electron chi connectivity index (χ1n) is 7.47. The lowest BCUT2D eigenvalue weighted by molar-refractivity contribution is 0.597. The third kappa shape index (κ3) is 3.80. The Balaban J connectivity index is 1.66. The lowest BCUT2D eigenvalue weighted by atomic mass is 10.2. The molecule has 0 amide bonds. The maximum atomic E-state index is 11.3. The number of hydrogen-bond acceptors (Lipinski definition) is 7. The molecule has 24 heavy (non-hydrogen) atoms. The third-order valence-corrected chi connectivity index (χ3v) is 5.43. The standard InChI is InChI=1S/C15H19N5O2S2/c1-23-15-17-7-6-14(18-15)20-10-8-19(9-11-20)12-2-4-13(5-3-12)24(16,21)22/h2-7H,8-11H2,1H3,(H2,16,21,22). The Bertz CT molecular complexity index is 803. The number of primary sulfonamides is 1. The molecule has 3 rings (SSSR count). The van der Waals surface area contributed by atoms with Gasteiger partial charge in [-0.3, -0.25) is 0 Å². The van der Waals surface area contributed by atoms with Gasteiger partial charge in [0.25, 0.3) is 0 Å². The minimum Gasteiger partial charge on any atom is -0.368 e. The highest BCUT2D eigenvalue weighted by Crippen LogP contribution is 2.21. The lowest BCUT2D eigenvalue weighted by Gasteiger charge is -2.36. The van der Waals surface area contributed by atoms with Crippen LogP contribution in [0.1, 0.15) is 0 Å². The predicted octanol–water partition coefficient (Wildman–Crippen LogP) is 1.17. The number of aromatic nitrogens is 2. The lowest BCUT2D eigenvalue weighted by Crippen LogP contribution is -2.46. The van der Waals surface area contributed by atoms with Crippen molar-refractivity contribution in [1.82, 2.24) is 9.97 Å². The van der Waals surface area contributed by atoms with Crippen LogP contribution in [0, 0.1) is 0 Å². The molecule has 1 aromatic heterocycles. The summed E-state index contributed by atoms with van der Waals surface area (Å²) in [6, 6.07) is 8.62. The van der Waals surface area contributed by atoms with E-state index in [1.807, 2.05) is 12.3 Å². The van der Waals surface area contributed by atoms with E-state index in [1.54, 1.807) is 30.5 Å². The van der Waals surface area contributed by atoms with E-state index >= 15 is 0 Å². The summed E-state index contributed by atoms with van der Waals surface area (Å²) < 4.78 is 22.6. The summed E-state index contributed by atoms with van der Waals surface area (Å²) in [6.07, 6.45) is 3.74. The molecule has 9 heteroatoms. The zero-order chi connectivity index (χ0) is 17.2. The second-order valence-electron chi connectivity index (χ2n) is 5.41. The van der Waals surface area contributed by atoms with Gasteiger partial charge in [-0.05, 0) is 36.6 Å². The molecule has 2 heterocycles. The van der Waals surface area contributed by atoms with Crippen LogP contribution in [0.15, 0.2) is 46.6 Å². The first-order valence-corrected chi connectivity index (χ1v) is 10.2. The molecule has 0 unspecified atom stereocenters. The van der Waals surface area contributed by atoms with Crippen LogP contribution in [0.2, 0.25) is 0 Å². The van der Waals surface area contributed by atoms with Crippen molar-refractivity contribution in [2.75, 3.05) is 42.2 Å². The Morgan fingerprint density at radius 1 is 1.04 bits per heavy atom. The van der Waals surface area contributed by atoms with Gasteiger partial charge in [-0.15, -0.1) is 0 Å². The zero-order valence-corrected chi connectivity index (χ0v) is 14.9. The smallest absolute Gasteiger partial charge is 0.238 e. The van der Waals surface area contributed by atoms with E-state index in [0.717, 1.165) is 42.8 Å². The monoisotopic (exact) mass is 365 g/mol. The van der Waals surface area contributed by atoms with Crippen LogP contribution < -0.4 is 14.9 Å². The molecule has 1 aliphatic rings. The number of hydrogen-bond donors (Lipinski definition) is 1. The SMILES string of the molecule is CSc1nccc(N2CCN(c3ccc(S(N)(=O)=O)cc3)CC2)n1. The van der Waals surface area contributed by atoms with E-state index in [9.17, 15) is 8.42 Å². The van der Waals surface area contributed by atoms with Crippen molar-refractivity contribution < 1.29 is 8.42 Å². The molecule has 0 atom stereocenters. The minimum atomic E-state index is -3.64. The molecule has 0 spiro atoms. The van der Waals surface area contributed by atoms with E-state index in [2.05, 4.69) is 19.8 Å². The fraction of sp³-hybridized carbons (Fsp3) is 0.333. The van der Waals surface area contributed by atoms with Gasteiger partial charge in [0.2, 0.25) is 10.0 Å². The molecule has 0 bridgehead atoms. The molecule has 7 nitrogen and oxygen atoms in total. The Morgan fingerprint density at radius 3 is 2.25 bits per heavy atom. The maximum absolute atomic E-state index is 11.3. The van der Waals surface area contributed by atoms with Crippen molar-refractivity contribution in [1.29, 1.82) is 0 Å². The quantitative estimate of drug-likeness (QED) is 0.642. The average molecular weight is 365 g/mol. The average Bonchev–Trinajstić information content (AvgIpc) is 2.61. The van der Waals surface area contributed by atoms with Gasteiger partial charge in [-0.1, -0.05) is 11.8 Å². The van der Waals surface area contributed by atoms with Crippen LogP contribution in [0.25, 0.3) is 0 Å². The van der Waals surface area contributed by atoms with Gasteiger partial charge in [0.05, 0.1) is 4.90 Å². The van der Waals surface area contributed by atoms with E-state index in [-0.39, 0.29) is 4.90 Å². The van der Waals surface area contributed by atoms with Crippen LogP contribution in [0.3, 0.4) is 0 Å². The maximum Gasteiger partial charge on any atom is 0.238 e. The minimum absolute atomic E-state index is 0.135. The normalized spacial score (nSPS) is 15.6. The van der Waals surface area contributed by atoms with Crippen molar-refractivity contribution >= 4 is 33.3 Å². The predicted molar refractivity (Wildman–Crippen MR) is 96.1 cm³/mol. The summed E-state index contributed by atoms with van der Waals surface area (Å²) in [6.45, 7) is 3.38. The Kier molecular flexibility index (Phi) is 4.93. The van der Waals surface area contributed by atoms with Crippen LogP contribution in [0.5, 0.6) is 0 Å². The van der Waals surface area contributed by atoms with Crippen LogP contribution in [0.4, 0.5) is 11.5 Å². The molecule has 0 aliphatic carbocycles. The second kappa shape index (κ2) is 6.96. The van der Waals surface area contributed by atoms with Crippen molar-refractivity contribution in [2.45, 2.75) is 10.1 Å². The third-order valence-electron chi connectivity index (χ3n) is 3.94. The summed E-state index contributed by atoms with van der Waals surface area (Å²) in [5.41, 5.74) is 0.995. The zero-order valence-electron chi connectivity index (χ0n) is 13.3. The fourth-order valence-corrected chi connectivity index (χ4v) is 3.51. The molecule has 1 aliphatic heterocycles. The Hall–Kier alpha value is -1.84. The van der Waals surface area contributed by atoms with Gasteiger partial charge < -0.3 is 9.80 Å². The number of nitrogens with zero attached hydrogens (tertiary/aromatic N) is 4. The number of nitrogens with two attached hydrogens (primary N) is 1. The Labute approximate surface area is 145 Å². The summed E-state index contributed by atoms with van der Waals surface area (Å²) in [4.78, 5) is 13.3. The molecule has 1 fully saturated rings. The first kappa shape index (κ1) is 17.0. The van der Waals surface area contributed by atoms with Gasteiger partial charge in [-0.2, -0.15) is 0 Å². The molecule has 1 aromatic carbocycles. The van der Waals surface area contributed by atoms with Crippen molar-refractivity contribution in [2.24, 2.45) is 5.14 Å². The molecule has 2 aromatic rings. The largest absolute Gasteiger partial charge is 0.368 e. The highest BCUT2D eigenvalue weighted by atomic mass is 32.2. The molecule has 128 valence electrons. The number of sulfonamides is 1. The topological polar surface area (TPSA) is 92.4 Å². The number of piperazine rings is 1. The van der Waals surface area contributed by atoms with Gasteiger partial charge in [-0.25, -0.2) is 23.5 Å². The van der Waals surface area contributed by atoms with Gasteiger partial charge in [0, 0.05) is 38.1 Å². The molecule has 0 radical (unpaired) electrons. The number of thioether (sulfide) groups is 1. The van der Waals surface area contributed by atoms with E-state index in [0.29, 0.717) is 0 Å². The fourth-order valence-electron chi connectivity index (χ4n) is 2.65. The highest BCUT2D eigenvalue weighted by Gasteiger charge is 2.19. The highest BCUT2D eigenvalue weighted by molar-refractivity contribution is 7.98. The molecular weight excluding hydrogens is 346 g/mol. The van der Waals surface area contributed by atoms with Crippen molar-refractivity contribution in [3.63, 3.8) is 0 Å². The van der Waals surface area contributed by atoms with Crippen LogP contribution in [-0.4, -0.2) is 50.8 Å². The summed E-state index contributed by atoms with van der Waals surface area (Å²) >= 11 is 1.53. The van der Waals surface area contributed by atoms with Crippen molar-refractivity contribution in [3.8, 4) is 0 Å². The van der Waals surface area contributed by atoms with E-state index in [4.69, 9.17) is 5.14 Å². The van der Waals surface area contributed by atoms with Crippen molar-refractivity contribution in [3.05, 3.63) is 36.5 Å². The Morgan fingerprint density at radius 2 is 1.67 bits per heavy atom. The van der Waals surface area contributed by atoms with E-state index in [1.165, 1.54) is 11.8 Å². The van der Waals surface area contributed by atoms with Gasteiger partial charge in [0.15, 0.2) is 5.16 Å². The number of benzene rings is 1. The van der Waals surface area contributed by atoms with Gasteiger partial charge >= 0.3 is 0 Å². The summed E-state index contributed by atoms with van der Waals surface area (Å²) in [5, 5.41) is 5.90. The number of anilines is 2. The van der Waals surface area contributed by atoms with Crippen LogP contribution >= 0.6 is 11.8 Å². The molecular formula is C15H19N5O2S2. The molecule has 0 saturated carbocycles. The van der Waals surface area contributed by atoms with Gasteiger partial charge in [0.1, 0.15) is 5.82 Å². The number of rotatable bonds is 4. The molecule has 1 saturated heterocycles.